The van der Waals surface area contributed by atoms with Crippen LogP contribution in [0.25, 0.3) is 0 Å². The highest BCUT2D eigenvalue weighted by atomic mass is 16.5. The molecular formula is C35H54O8. The lowest BCUT2D eigenvalue weighted by Crippen LogP contribution is -2.60. The molecule has 10 atom stereocenters. The maximum absolute atomic E-state index is 12.2. The molecule has 0 radical (unpaired) electrons. The second kappa shape index (κ2) is 11.6. The van der Waals surface area contributed by atoms with E-state index in [9.17, 15) is 24.6 Å². The summed E-state index contributed by atoms with van der Waals surface area (Å²) < 4.78 is 18.0. The van der Waals surface area contributed by atoms with E-state index in [0.717, 1.165) is 32.1 Å². The van der Waals surface area contributed by atoms with Crippen molar-refractivity contribution in [3.63, 3.8) is 0 Å². The van der Waals surface area contributed by atoms with Gasteiger partial charge in [-0.3, -0.25) is 9.59 Å². The van der Waals surface area contributed by atoms with Gasteiger partial charge < -0.3 is 24.4 Å². The number of hydrogen-bond acceptors (Lipinski definition) is 7. The van der Waals surface area contributed by atoms with Crippen LogP contribution in [0.15, 0.2) is 22.8 Å². The van der Waals surface area contributed by atoms with E-state index in [1.54, 1.807) is 20.1 Å². The third-order valence-electron chi connectivity index (χ3n) is 12.9. The summed E-state index contributed by atoms with van der Waals surface area (Å²) in [5, 5.41) is 21.4. The van der Waals surface area contributed by atoms with Gasteiger partial charge in [0.05, 0.1) is 12.2 Å². The number of carbonyl (C=O) groups is 3. The molecule has 0 saturated heterocycles. The van der Waals surface area contributed by atoms with Gasteiger partial charge in [0.2, 0.25) is 0 Å². The number of aliphatic hydroxyl groups excluding tert-OH is 1. The smallest absolute Gasteiger partial charge is 0.330 e. The Bertz CT molecular complexity index is 1200. The normalized spacial score (nSPS) is 40.1. The fourth-order valence-electron chi connectivity index (χ4n) is 10.3. The van der Waals surface area contributed by atoms with Crippen molar-refractivity contribution in [2.24, 2.45) is 39.4 Å². The third-order valence-corrected chi connectivity index (χ3v) is 12.9. The average Bonchev–Trinajstić information content (AvgIpc) is 3.13. The Balaban J connectivity index is 1.76. The number of esters is 2. The monoisotopic (exact) mass is 602 g/mol. The van der Waals surface area contributed by atoms with E-state index in [1.165, 1.54) is 25.0 Å². The van der Waals surface area contributed by atoms with E-state index in [0.29, 0.717) is 12.8 Å². The average molecular weight is 603 g/mol. The molecule has 242 valence electrons. The Kier molecular flexibility index (Phi) is 9.11. The molecule has 10 unspecified atom stereocenters. The molecule has 0 bridgehead atoms. The van der Waals surface area contributed by atoms with Crippen LogP contribution in [-0.2, 0) is 28.6 Å². The van der Waals surface area contributed by atoms with Gasteiger partial charge in [0.1, 0.15) is 12.2 Å². The lowest BCUT2D eigenvalue weighted by molar-refractivity contribution is -0.171. The summed E-state index contributed by atoms with van der Waals surface area (Å²) in [6.07, 6.45) is 5.41. The number of aliphatic hydroxyl groups is 1. The van der Waals surface area contributed by atoms with Crippen molar-refractivity contribution < 1.29 is 38.8 Å². The molecule has 0 amide bonds. The van der Waals surface area contributed by atoms with Gasteiger partial charge in [0.25, 0.3) is 0 Å². The highest BCUT2D eigenvalue weighted by Gasteiger charge is 2.69. The van der Waals surface area contributed by atoms with Crippen LogP contribution in [-0.4, -0.2) is 59.6 Å². The van der Waals surface area contributed by atoms with Crippen molar-refractivity contribution in [1.29, 1.82) is 0 Å². The number of methoxy groups -OCH3 is 1. The molecule has 4 aliphatic rings. The first-order valence-electron chi connectivity index (χ1n) is 16.1. The van der Waals surface area contributed by atoms with Crippen molar-refractivity contribution in [3.8, 4) is 0 Å². The third kappa shape index (κ3) is 5.28. The topological polar surface area (TPSA) is 119 Å². The molecule has 0 spiro atoms. The summed E-state index contributed by atoms with van der Waals surface area (Å²) in [5.74, 6) is -1.43. The predicted molar refractivity (Wildman–Crippen MR) is 163 cm³/mol. The Morgan fingerprint density at radius 2 is 1.67 bits per heavy atom. The van der Waals surface area contributed by atoms with E-state index >= 15 is 0 Å². The van der Waals surface area contributed by atoms with Gasteiger partial charge in [0.15, 0.2) is 0 Å². The lowest BCUT2D eigenvalue weighted by atomic mass is 9.42. The summed E-state index contributed by atoms with van der Waals surface area (Å²) in [4.78, 5) is 35.6. The lowest BCUT2D eigenvalue weighted by Gasteiger charge is -2.63. The number of hydrogen-bond donors (Lipinski definition) is 2. The molecule has 4 aliphatic carbocycles. The number of carbonyl (C=O) groups excluding carboxylic acids is 2. The van der Waals surface area contributed by atoms with Crippen LogP contribution < -0.4 is 0 Å². The second-order valence-electron chi connectivity index (χ2n) is 15.2. The number of carboxylic acids is 1. The van der Waals surface area contributed by atoms with Crippen molar-refractivity contribution in [3.05, 3.63) is 22.8 Å². The van der Waals surface area contributed by atoms with Crippen LogP contribution >= 0.6 is 0 Å². The van der Waals surface area contributed by atoms with E-state index in [1.807, 2.05) is 0 Å². The minimum Gasteiger partial charge on any atom is -0.478 e. The molecule has 43 heavy (non-hydrogen) atoms. The molecule has 0 aromatic heterocycles. The van der Waals surface area contributed by atoms with Gasteiger partial charge in [-0.1, -0.05) is 53.2 Å². The van der Waals surface area contributed by atoms with Crippen molar-refractivity contribution >= 4 is 17.9 Å². The number of carboxylic acid groups (broad SMARTS) is 1. The summed E-state index contributed by atoms with van der Waals surface area (Å²) in [6.45, 7) is 17.9. The summed E-state index contributed by atoms with van der Waals surface area (Å²) in [6, 6.07) is 0. The Labute approximate surface area is 257 Å². The second-order valence-corrected chi connectivity index (χ2v) is 15.2. The van der Waals surface area contributed by atoms with Gasteiger partial charge in [0, 0.05) is 43.8 Å². The van der Waals surface area contributed by atoms with E-state index in [2.05, 4.69) is 41.5 Å². The van der Waals surface area contributed by atoms with Crippen LogP contribution in [0.1, 0.15) is 107 Å². The van der Waals surface area contributed by atoms with Crippen molar-refractivity contribution in [1.82, 2.24) is 0 Å². The van der Waals surface area contributed by atoms with E-state index in [4.69, 9.17) is 14.2 Å². The van der Waals surface area contributed by atoms with Crippen LogP contribution in [0.5, 0.6) is 0 Å². The zero-order chi connectivity index (χ0) is 32.3. The van der Waals surface area contributed by atoms with E-state index < -0.39 is 29.6 Å². The Morgan fingerprint density at radius 1 is 1.02 bits per heavy atom. The van der Waals surface area contributed by atoms with E-state index in [-0.39, 0.29) is 57.7 Å². The van der Waals surface area contributed by atoms with Crippen LogP contribution in [0.3, 0.4) is 0 Å². The first kappa shape index (κ1) is 33.7. The first-order valence-corrected chi connectivity index (χ1v) is 16.1. The van der Waals surface area contributed by atoms with Crippen LogP contribution in [0, 0.1) is 39.4 Å². The highest BCUT2D eigenvalue weighted by Crippen LogP contribution is 2.73. The summed E-state index contributed by atoms with van der Waals surface area (Å²) >= 11 is 0. The van der Waals surface area contributed by atoms with Gasteiger partial charge in [-0.15, -0.1) is 0 Å². The molecule has 2 fully saturated rings. The fraction of sp³-hybridized carbons (Fsp3) is 0.800. The molecular weight excluding hydrogens is 548 g/mol. The Hall–Kier alpha value is -2.19. The molecule has 2 saturated carbocycles. The van der Waals surface area contributed by atoms with Crippen molar-refractivity contribution in [2.45, 2.75) is 132 Å². The highest BCUT2D eigenvalue weighted by molar-refractivity contribution is 5.85. The minimum atomic E-state index is -0.989. The molecule has 8 nitrogen and oxygen atoms in total. The quantitative estimate of drug-likeness (QED) is 0.190. The fourth-order valence-corrected chi connectivity index (χ4v) is 10.3. The minimum absolute atomic E-state index is 0.0450. The maximum Gasteiger partial charge on any atom is 0.330 e. The SMILES string of the molecule is COC1CC2C(C)(CCC(OC(C)=O)C2(C)C)C2=C1C1(C)C(O)CC(C(C)C(CC=C(C)C(=O)O)OC(C)=O)C1(C)CC2. The van der Waals surface area contributed by atoms with Gasteiger partial charge in [-0.2, -0.15) is 0 Å². The largest absolute Gasteiger partial charge is 0.478 e. The number of rotatable bonds is 8. The maximum atomic E-state index is 12.2. The van der Waals surface area contributed by atoms with Crippen molar-refractivity contribution in [2.75, 3.05) is 7.11 Å². The first-order chi connectivity index (χ1) is 19.9. The number of ether oxygens (including phenoxy) is 3. The molecule has 2 N–H and O–H groups in total. The molecule has 0 aromatic carbocycles. The van der Waals surface area contributed by atoms with Gasteiger partial charge in [-0.05, 0) is 79.6 Å². The number of aliphatic carboxylic acids is 1. The molecule has 0 aromatic rings. The zero-order valence-corrected chi connectivity index (χ0v) is 27.9. The van der Waals surface area contributed by atoms with Crippen LogP contribution in [0.2, 0.25) is 0 Å². The van der Waals surface area contributed by atoms with Gasteiger partial charge in [-0.25, -0.2) is 4.79 Å². The summed E-state index contributed by atoms with van der Waals surface area (Å²) in [7, 11) is 1.77. The zero-order valence-electron chi connectivity index (χ0n) is 27.9. The summed E-state index contributed by atoms with van der Waals surface area (Å²) in [5.41, 5.74) is 1.71. The van der Waals surface area contributed by atoms with Gasteiger partial charge >= 0.3 is 17.9 Å². The Morgan fingerprint density at radius 3 is 2.23 bits per heavy atom. The molecule has 4 rings (SSSR count). The standard InChI is InChI=1S/C35H54O8/c1-19(31(39)40)11-12-25(42-21(3)36)20(2)24-17-28(38)35(9)30-23(13-16-34(24,35)8)33(7)15-14-29(43-22(4)37)32(5,6)27(33)18-26(30)41-10/h11,20,24-29,38H,12-18H2,1-10H3,(H,39,40). The molecule has 0 aliphatic heterocycles. The predicted octanol–water partition coefficient (Wildman–Crippen LogP) is 6.25. The number of fused-ring (bicyclic) bond motifs is 4. The van der Waals surface area contributed by atoms with Crippen LogP contribution in [0.4, 0.5) is 0 Å². The molecule has 8 heteroatoms. The molecule has 0 heterocycles. The number of allylic oxidation sites excluding steroid dienone is 1.